The molecule has 1 aliphatic rings. The van der Waals surface area contributed by atoms with Crippen LogP contribution in [0.1, 0.15) is 11.6 Å². The van der Waals surface area contributed by atoms with Crippen LogP contribution in [0.15, 0.2) is 18.3 Å². The lowest BCUT2D eigenvalue weighted by atomic mass is 10.0. The summed E-state index contributed by atoms with van der Waals surface area (Å²) in [5.74, 6) is 0.996. The normalized spacial score (nSPS) is 24.4. The average molecular weight is 194 g/mol. The number of hydrogen-bond donors (Lipinski definition) is 1. The number of nitrogens with two attached hydrogens (primary N) is 1. The van der Waals surface area contributed by atoms with Crippen LogP contribution in [0.5, 0.6) is 5.75 Å². The van der Waals surface area contributed by atoms with Crippen LogP contribution in [0.2, 0.25) is 0 Å². The lowest BCUT2D eigenvalue weighted by Crippen LogP contribution is -2.29. The van der Waals surface area contributed by atoms with Gasteiger partial charge in [-0.1, -0.05) is 0 Å². The summed E-state index contributed by atoms with van der Waals surface area (Å²) in [4.78, 5) is 4.28. The molecule has 1 aliphatic heterocycles. The minimum Gasteiger partial charge on any atom is -0.485 e. The molecule has 2 atom stereocenters. The highest BCUT2D eigenvalue weighted by atomic mass is 16.5. The van der Waals surface area contributed by atoms with E-state index in [4.69, 9.17) is 15.2 Å². The van der Waals surface area contributed by atoms with E-state index in [2.05, 4.69) is 4.98 Å². The smallest absolute Gasteiger partial charge is 0.141 e. The Kier molecular flexibility index (Phi) is 2.65. The van der Waals surface area contributed by atoms with E-state index < -0.39 is 0 Å². The van der Waals surface area contributed by atoms with Crippen LogP contribution in [0.25, 0.3) is 0 Å². The zero-order chi connectivity index (χ0) is 9.97. The highest BCUT2D eigenvalue weighted by Gasteiger charge is 2.34. The Morgan fingerprint density at radius 2 is 2.50 bits per heavy atom. The van der Waals surface area contributed by atoms with Crippen molar-refractivity contribution in [3.8, 4) is 5.75 Å². The van der Waals surface area contributed by atoms with Crippen LogP contribution >= 0.6 is 0 Å². The third kappa shape index (κ3) is 1.47. The second-order valence-corrected chi connectivity index (χ2v) is 3.34. The average Bonchev–Trinajstić information content (AvgIpc) is 2.55. The number of fused-ring (bicyclic) bond motifs is 1. The number of hydrogen-bond acceptors (Lipinski definition) is 4. The van der Waals surface area contributed by atoms with Crippen molar-refractivity contribution >= 4 is 0 Å². The minimum absolute atomic E-state index is 0.00917. The fourth-order valence-electron chi connectivity index (χ4n) is 1.78. The molecule has 14 heavy (non-hydrogen) atoms. The third-order valence-electron chi connectivity index (χ3n) is 2.46. The molecule has 2 heterocycles. The Hall–Kier alpha value is -1.13. The van der Waals surface area contributed by atoms with Gasteiger partial charge in [-0.15, -0.1) is 0 Å². The van der Waals surface area contributed by atoms with E-state index >= 15 is 0 Å². The van der Waals surface area contributed by atoms with Crippen molar-refractivity contribution in [1.82, 2.24) is 4.98 Å². The standard InChI is InChI=1S/C10H14N2O2/c1-13-6-9-7(5-11)10-8(14-9)3-2-4-12-10/h2-4,7,9H,5-6,11H2,1H3/t7-,9-/m1/s1. The minimum atomic E-state index is 0.00917. The Morgan fingerprint density at radius 3 is 3.21 bits per heavy atom. The van der Waals surface area contributed by atoms with Crippen molar-refractivity contribution < 1.29 is 9.47 Å². The maximum Gasteiger partial charge on any atom is 0.141 e. The molecule has 0 radical (unpaired) electrons. The summed E-state index contributed by atoms with van der Waals surface area (Å²) in [6, 6.07) is 3.78. The molecule has 1 aromatic rings. The third-order valence-corrected chi connectivity index (χ3v) is 2.46. The summed E-state index contributed by atoms with van der Waals surface area (Å²) in [7, 11) is 1.66. The van der Waals surface area contributed by atoms with Crippen LogP contribution in [0, 0.1) is 0 Å². The van der Waals surface area contributed by atoms with Gasteiger partial charge in [0, 0.05) is 19.9 Å². The van der Waals surface area contributed by atoms with Gasteiger partial charge in [0.05, 0.1) is 18.2 Å². The summed E-state index contributed by atoms with van der Waals surface area (Å²) >= 11 is 0. The van der Waals surface area contributed by atoms with E-state index in [1.165, 1.54) is 0 Å². The second kappa shape index (κ2) is 3.94. The van der Waals surface area contributed by atoms with E-state index in [9.17, 15) is 0 Å². The predicted molar refractivity (Wildman–Crippen MR) is 52.3 cm³/mol. The van der Waals surface area contributed by atoms with Crippen molar-refractivity contribution in [1.29, 1.82) is 0 Å². The maximum absolute atomic E-state index is 5.69. The number of rotatable bonds is 3. The van der Waals surface area contributed by atoms with Crippen molar-refractivity contribution in [2.45, 2.75) is 12.0 Å². The number of methoxy groups -OCH3 is 1. The molecule has 0 unspecified atom stereocenters. The summed E-state index contributed by atoms with van der Waals surface area (Å²) in [5.41, 5.74) is 6.65. The van der Waals surface area contributed by atoms with Gasteiger partial charge in [0.2, 0.25) is 0 Å². The van der Waals surface area contributed by atoms with Gasteiger partial charge in [-0.3, -0.25) is 4.98 Å². The van der Waals surface area contributed by atoms with Crippen LogP contribution in [-0.4, -0.2) is 31.3 Å². The lowest BCUT2D eigenvalue weighted by Gasteiger charge is -2.15. The molecule has 4 nitrogen and oxygen atoms in total. The van der Waals surface area contributed by atoms with E-state index in [1.54, 1.807) is 13.3 Å². The number of aromatic nitrogens is 1. The molecule has 0 bridgehead atoms. The van der Waals surface area contributed by atoms with Gasteiger partial charge in [-0.05, 0) is 12.1 Å². The molecule has 0 saturated carbocycles. The van der Waals surface area contributed by atoms with Gasteiger partial charge in [0.15, 0.2) is 0 Å². The Morgan fingerprint density at radius 1 is 1.64 bits per heavy atom. The zero-order valence-electron chi connectivity index (χ0n) is 8.14. The molecule has 2 N–H and O–H groups in total. The summed E-state index contributed by atoms with van der Waals surface area (Å²) in [5, 5.41) is 0. The van der Waals surface area contributed by atoms with Gasteiger partial charge in [-0.25, -0.2) is 0 Å². The fraction of sp³-hybridized carbons (Fsp3) is 0.500. The van der Waals surface area contributed by atoms with Gasteiger partial charge >= 0.3 is 0 Å². The van der Waals surface area contributed by atoms with E-state index in [0.717, 1.165) is 11.4 Å². The molecule has 2 rings (SSSR count). The first kappa shape index (κ1) is 9.43. The van der Waals surface area contributed by atoms with Crippen molar-refractivity contribution in [3.05, 3.63) is 24.0 Å². The highest BCUT2D eigenvalue weighted by molar-refractivity contribution is 5.35. The molecule has 0 fully saturated rings. The maximum atomic E-state index is 5.69. The van der Waals surface area contributed by atoms with Gasteiger partial charge in [0.25, 0.3) is 0 Å². The first-order valence-electron chi connectivity index (χ1n) is 4.67. The molecule has 0 amide bonds. The van der Waals surface area contributed by atoms with E-state index in [-0.39, 0.29) is 12.0 Å². The van der Waals surface area contributed by atoms with E-state index in [1.807, 2.05) is 12.1 Å². The van der Waals surface area contributed by atoms with Crippen LogP contribution in [-0.2, 0) is 4.74 Å². The molecule has 0 aliphatic carbocycles. The van der Waals surface area contributed by atoms with Crippen LogP contribution < -0.4 is 10.5 Å². The SMILES string of the molecule is COC[C@H]1Oc2cccnc2[C@@H]1CN. The summed E-state index contributed by atoms with van der Waals surface area (Å²) in [6.07, 6.45) is 1.77. The van der Waals surface area contributed by atoms with E-state index in [0.29, 0.717) is 13.2 Å². The van der Waals surface area contributed by atoms with Crippen molar-refractivity contribution in [2.75, 3.05) is 20.3 Å². The zero-order valence-corrected chi connectivity index (χ0v) is 8.14. The second-order valence-electron chi connectivity index (χ2n) is 3.34. The number of ether oxygens (including phenoxy) is 2. The first-order chi connectivity index (χ1) is 6.86. The Labute approximate surface area is 83.0 Å². The fourth-order valence-corrected chi connectivity index (χ4v) is 1.78. The molecular weight excluding hydrogens is 180 g/mol. The monoisotopic (exact) mass is 194 g/mol. The Bertz CT molecular complexity index is 317. The Balaban J connectivity index is 2.24. The van der Waals surface area contributed by atoms with Gasteiger partial charge in [-0.2, -0.15) is 0 Å². The van der Waals surface area contributed by atoms with Crippen molar-refractivity contribution in [2.24, 2.45) is 5.73 Å². The van der Waals surface area contributed by atoms with Crippen molar-refractivity contribution in [3.63, 3.8) is 0 Å². The van der Waals surface area contributed by atoms with Crippen LogP contribution in [0.3, 0.4) is 0 Å². The molecule has 0 aromatic carbocycles. The van der Waals surface area contributed by atoms with Gasteiger partial charge in [0.1, 0.15) is 11.9 Å². The largest absolute Gasteiger partial charge is 0.485 e. The van der Waals surface area contributed by atoms with Crippen LogP contribution in [0.4, 0.5) is 0 Å². The molecule has 1 aromatic heterocycles. The quantitative estimate of drug-likeness (QED) is 0.762. The molecule has 0 saturated heterocycles. The highest BCUT2D eigenvalue weighted by Crippen LogP contribution is 2.35. The molecule has 76 valence electrons. The first-order valence-corrected chi connectivity index (χ1v) is 4.67. The van der Waals surface area contributed by atoms with Gasteiger partial charge < -0.3 is 15.2 Å². The molecule has 4 heteroatoms. The number of pyridine rings is 1. The topological polar surface area (TPSA) is 57.4 Å². The lowest BCUT2D eigenvalue weighted by molar-refractivity contribution is 0.0820. The molecular formula is C10H14N2O2. The summed E-state index contributed by atoms with van der Waals surface area (Å²) in [6.45, 7) is 1.09. The number of nitrogens with zero attached hydrogens (tertiary/aromatic N) is 1. The predicted octanol–water partition coefficient (Wildman–Crippen LogP) is 0.531. The summed E-state index contributed by atoms with van der Waals surface area (Å²) < 4.78 is 10.8. The molecule has 0 spiro atoms.